The second-order valence-electron chi connectivity index (χ2n) is 13.3. The Morgan fingerprint density at radius 1 is 1.08 bits per heavy atom. The summed E-state index contributed by atoms with van der Waals surface area (Å²) in [6.07, 6.45) is 9.65. The first-order valence-electron chi connectivity index (χ1n) is 14.3. The van der Waals surface area contributed by atoms with Crippen LogP contribution in [0.5, 0.6) is 5.75 Å². The Kier molecular flexibility index (Phi) is 6.18. The smallest absolute Gasteiger partial charge is 0.157 e. The number of ketones is 1. The molecule has 1 N–H and O–H groups in total. The number of nitrogens with zero attached hydrogens (tertiary/aromatic N) is 3. The summed E-state index contributed by atoms with van der Waals surface area (Å²) in [5.41, 5.74) is 1.33. The lowest BCUT2D eigenvalue weighted by molar-refractivity contribution is -0.175. The summed E-state index contributed by atoms with van der Waals surface area (Å²) < 4.78 is 13.1. The van der Waals surface area contributed by atoms with Crippen LogP contribution in [0.4, 0.5) is 0 Å². The number of benzene rings is 1. The molecule has 37 heavy (non-hydrogen) atoms. The number of rotatable bonds is 6. The summed E-state index contributed by atoms with van der Waals surface area (Å²) in [6, 6.07) is 5.69. The Hall–Kier alpha value is -1.99. The van der Waals surface area contributed by atoms with E-state index in [1.807, 2.05) is 32.2 Å². The van der Waals surface area contributed by atoms with E-state index in [4.69, 9.17) is 9.47 Å². The van der Waals surface area contributed by atoms with Gasteiger partial charge in [-0.15, -0.1) is 5.10 Å². The maximum atomic E-state index is 13.8. The summed E-state index contributed by atoms with van der Waals surface area (Å²) in [4.78, 5) is 13.8. The van der Waals surface area contributed by atoms with Gasteiger partial charge in [-0.05, 0) is 111 Å². The van der Waals surface area contributed by atoms with Crippen molar-refractivity contribution in [3.8, 4) is 5.75 Å². The molecule has 202 valence electrons. The first-order valence-corrected chi connectivity index (χ1v) is 14.3. The minimum Gasteiger partial charge on any atom is -0.497 e. The number of hydrogen-bond acceptors (Lipinski definition) is 6. The van der Waals surface area contributed by atoms with Crippen LogP contribution in [0.3, 0.4) is 0 Å². The summed E-state index contributed by atoms with van der Waals surface area (Å²) >= 11 is 0. The Bertz CT molecular complexity index is 1180. The van der Waals surface area contributed by atoms with Crippen molar-refractivity contribution < 1.29 is 19.4 Å². The Balaban J connectivity index is 1.23. The zero-order valence-electron chi connectivity index (χ0n) is 22.9. The van der Waals surface area contributed by atoms with Crippen molar-refractivity contribution in [1.29, 1.82) is 0 Å². The van der Waals surface area contributed by atoms with Gasteiger partial charge in [0.25, 0.3) is 0 Å². The molecule has 0 saturated heterocycles. The van der Waals surface area contributed by atoms with Crippen LogP contribution in [0, 0.1) is 40.4 Å². The third-order valence-electron chi connectivity index (χ3n) is 11.5. The molecule has 7 nitrogen and oxygen atoms in total. The van der Waals surface area contributed by atoms with Gasteiger partial charge < -0.3 is 14.6 Å². The van der Waals surface area contributed by atoms with Crippen molar-refractivity contribution in [3.63, 3.8) is 0 Å². The predicted octanol–water partition coefficient (Wildman–Crippen LogP) is 5.05. The van der Waals surface area contributed by atoms with Crippen LogP contribution in [0.25, 0.3) is 11.0 Å². The molecular weight excluding hydrogens is 466 g/mol. The summed E-state index contributed by atoms with van der Waals surface area (Å²) in [6.45, 7) is 5.51. The maximum Gasteiger partial charge on any atom is 0.157 e. The summed E-state index contributed by atoms with van der Waals surface area (Å²) in [5, 5.41) is 19.5. The largest absolute Gasteiger partial charge is 0.497 e. The highest BCUT2D eigenvalue weighted by Crippen LogP contribution is 2.68. The molecule has 0 amide bonds. The van der Waals surface area contributed by atoms with Gasteiger partial charge in [0, 0.05) is 19.1 Å². The fraction of sp³-hybridized carbons (Fsp3) is 0.767. The molecule has 4 saturated carbocycles. The lowest BCUT2D eigenvalue weighted by atomic mass is 9.43. The van der Waals surface area contributed by atoms with Crippen LogP contribution in [0.2, 0.25) is 0 Å². The van der Waals surface area contributed by atoms with Crippen LogP contribution < -0.4 is 4.74 Å². The van der Waals surface area contributed by atoms with Crippen molar-refractivity contribution in [1.82, 2.24) is 15.0 Å². The predicted molar refractivity (Wildman–Crippen MR) is 141 cm³/mol. The van der Waals surface area contributed by atoms with Crippen molar-refractivity contribution in [2.45, 2.75) is 83.8 Å². The number of hydrogen-bond donors (Lipinski definition) is 1. The van der Waals surface area contributed by atoms with Gasteiger partial charge in [-0.3, -0.25) is 4.79 Å². The molecule has 4 aliphatic rings. The fourth-order valence-electron chi connectivity index (χ4n) is 9.76. The highest BCUT2D eigenvalue weighted by Gasteiger charge is 2.63. The topological polar surface area (TPSA) is 86.5 Å². The highest BCUT2D eigenvalue weighted by atomic mass is 16.5. The highest BCUT2D eigenvalue weighted by molar-refractivity contribution is 5.84. The van der Waals surface area contributed by atoms with Crippen molar-refractivity contribution >= 4 is 16.8 Å². The molecule has 1 aromatic heterocycles. The lowest BCUT2D eigenvalue weighted by Gasteiger charge is -2.62. The van der Waals surface area contributed by atoms with Crippen molar-refractivity contribution in [3.05, 3.63) is 18.2 Å². The van der Waals surface area contributed by atoms with E-state index in [-0.39, 0.29) is 23.3 Å². The Morgan fingerprint density at radius 2 is 1.92 bits per heavy atom. The van der Waals surface area contributed by atoms with Gasteiger partial charge in [0.05, 0.1) is 24.8 Å². The van der Waals surface area contributed by atoms with E-state index < -0.39 is 5.60 Å². The second-order valence-corrected chi connectivity index (χ2v) is 13.3. The average Bonchev–Trinajstić information content (AvgIpc) is 3.44. The molecule has 0 unspecified atom stereocenters. The molecule has 6 rings (SSSR count). The van der Waals surface area contributed by atoms with Crippen molar-refractivity contribution in [2.75, 3.05) is 20.8 Å². The van der Waals surface area contributed by atoms with Gasteiger partial charge in [0.15, 0.2) is 5.78 Å². The minimum absolute atomic E-state index is 0.0492. The lowest BCUT2D eigenvalue weighted by Crippen LogP contribution is -2.58. The SMILES string of the molecule is COC[C@]12CC[C@@](C)(O)C[C@@H]1CC[C@H]1[C@@H]3CC[C@H](C(=O)Cn4nnc5ccc(OC)cc54)[C@@]3(C)CC[C@@H]12. The number of ether oxygens (including phenoxy) is 2. The van der Waals surface area contributed by atoms with E-state index in [2.05, 4.69) is 17.2 Å². The molecule has 4 fully saturated rings. The zero-order chi connectivity index (χ0) is 26.0. The number of Topliss-reactive ketones (excluding diaryl/α,β-unsaturated/α-hetero) is 1. The summed E-state index contributed by atoms with van der Waals surface area (Å²) in [5.74, 6) is 3.55. The van der Waals surface area contributed by atoms with Gasteiger partial charge in [0.1, 0.15) is 17.8 Å². The van der Waals surface area contributed by atoms with Gasteiger partial charge in [-0.2, -0.15) is 0 Å². The zero-order valence-corrected chi connectivity index (χ0v) is 22.9. The third kappa shape index (κ3) is 3.94. The number of aliphatic hydroxyl groups is 1. The monoisotopic (exact) mass is 509 g/mol. The number of carbonyl (C=O) groups is 1. The van der Waals surface area contributed by atoms with Crippen LogP contribution >= 0.6 is 0 Å². The van der Waals surface area contributed by atoms with E-state index in [1.165, 1.54) is 19.3 Å². The van der Waals surface area contributed by atoms with Crippen LogP contribution in [-0.4, -0.2) is 52.3 Å². The number of carbonyl (C=O) groups excluding carboxylic acids is 1. The van der Waals surface area contributed by atoms with Crippen LogP contribution in [0.1, 0.15) is 71.6 Å². The molecule has 4 aliphatic carbocycles. The standard InChI is InChI=1S/C30H43N3O4/c1-28(35)13-14-30(18-36-3)19(16-28)5-7-21-22-8-9-24(29(22,2)12-11-23(21)30)27(34)17-33-26-15-20(37-4)6-10-25(26)31-32-33/h6,10,15,19,21-24,35H,5,7-9,11-14,16-18H2,1-4H3/t19-,21-,22-,23-,24+,28+,29-,30+/m0/s1. The quantitative estimate of drug-likeness (QED) is 0.587. The summed E-state index contributed by atoms with van der Waals surface area (Å²) in [7, 11) is 3.50. The number of aromatic nitrogens is 3. The van der Waals surface area contributed by atoms with E-state index in [1.54, 1.807) is 11.8 Å². The van der Waals surface area contributed by atoms with E-state index in [0.717, 1.165) is 61.9 Å². The van der Waals surface area contributed by atoms with Crippen LogP contribution in [-0.2, 0) is 16.1 Å². The normalized spacial score (nSPS) is 41.2. The molecule has 8 atom stereocenters. The molecule has 1 aromatic carbocycles. The Labute approximate surface area is 220 Å². The second kappa shape index (κ2) is 9.04. The van der Waals surface area contributed by atoms with Crippen LogP contribution in [0.15, 0.2) is 18.2 Å². The molecule has 0 radical (unpaired) electrons. The maximum absolute atomic E-state index is 13.8. The van der Waals surface area contributed by atoms with Gasteiger partial charge in [-0.25, -0.2) is 4.68 Å². The fourth-order valence-corrected chi connectivity index (χ4v) is 9.76. The molecule has 0 spiro atoms. The van der Waals surface area contributed by atoms with Gasteiger partial charge >= 0.3 is 0 Å². The van der Waals surface area contributed by atoms with Crippen molar-refractivity contribution in [2.24, 2.45) is 40.4 Å². The molecule has 7 heteroatoms. The first kappa shape index (κ1) is 25.3. The average molecular weight is 510 g/mol. The van der Waals surface area contributed by atoms with E-state index >= 15 is 0 Å². The number of methoxy groups -OCH3 is 2. The first-order chi connectivity index (χ1) is 17.7. The minimum atomic E-state index is -0.543. The molecule has 0 bridgehead atoms. The number of fused-ring (bicyclic) bond motifs is 6. The molecule has 2 aromatic rings. The van der Waals surface area contributed by atoms with Gasteiger partial charge in [-0.1, -0.05) is 12.1 Å². The van der Waals surface area contributed by atoms with E-state index in [0.29, 0.717) is 29.5 Å². The molecule has 0 aliphatic heterocycles. The molecular formula is C30H43N3O4. The van der Waals surface area contributed by atoms with Gasteiger partial charge in [0.2, 0.25) is 0 Å². The van der Waals surface area contributed by atoms with E-state index in [9.17, 15) is 9.90 Å². The third-order valence-corrected chi connectivity index (χ3v) is 11.5. The Morgan fingerprint density at radius 3 is 2.70 bits per heavy atom. The molecule has 1 heterocycles.